The van der Waals surface area contributed by atoms with Gasteiger partial charge in [0.05, 0.1) is 35.0 Å². The van der Waals surface area contributed by atoms with Crippen LogP contribution in [0, 0.1) is 11.8 Å². The molecule has 2 fully saturated rings. The molecular formula is C28H39N5O3S. The minimum absolute atomic E-state index is 0.108. The predicted molar refractivity (Wildman–Crippen MR) is 144 cm³/mol. The normalized spacial score (nSPS) is 25.5. The van der Waals surface area contributed by atoms with Gasteiger partial charge in [0.2, 0.25) is 10.0 Å². The highest BCUT2D eigenvalue weighted by atomic mass is 32.2. The van der Waals surface area contributed by atoms with E-state index >= 15 is 0 Å². The predicted octanol–water partition coefficient (Wildman–Crippen LogP) is 4.20. The molecular weight excluding hydrogens is 486 g/mol. The third kappa shape index (κ3) is 6.51. The van der Waals surface area contributed by atoms with E-state index in [0.717, 1.165) is 56.0 Å². The van der Waals surface area contributed by atoms with Crippen LogP contribution in [-0.4, -0.2) is 58.9 Å². The molecule has 1 aromatic heterocycles. The minimum atomic E-state index is -3.35. The van der Waals surface area contributed by atoms with Gasteiger partial charge in [0, 0.05) is 18.8 Å². The van der Waals surface area contributed by atoms with Gasteiger partial charge in [0.1, 0.15) is 0 Å². The van der Waals surface area contributed by atoms with Crippen LogP contribution in [0.5, 0.6) is 0 Å². The molecule has 8 nitrogen and oxygen atoms in total. The minimum Gasteiger partial charge on any atom is -0.373 e. The molecule has 1 aromatic carbocycles. The first kappa shape index (κ1) is 26.1. The SMILES string of the molecule is CC(C)S(=O)(=O)NC1=CC=CC([C@@H]2CCN(Cc3cn(-c4ccccc4)nn3)C[C@@H]2OC2CCCC2)C1. The molecule has 2 heterocycles. The van der Waals surface area contributed by atoms with Gasteiger partial charge in [-0.3, -0.25) is 9.62 Å². The maximum Gasteiger partial charge on any atom is 0.234 e. The van der Waals surface area contributed by atoms with Crippen LogP contribution in [0.4, 0.5) is 0 Å². The van der Waals surface area contributed by atoms with Gasteiger partial charge in [-0.25, -0.2) is 13.1 Å². The highest BCUT2D eigenvalue weighted by Gasteiger charge is 2.37. The molecule has 2 aromatic rings. The number of benzene rings is 1. The zero-order chi connectivity index (χ0) is 25.8. The highest BCUT2D eigenvalue weighted by molar-refractivity contribution is 7.90. The monoisotopic (exact) mass is 525 g/mol. The third-order valence-electron chi connectivity index (χ3n) is 7.87. The summed E-state index contributed by atoms with van der Waals surface area (Å²) in [5.41, 5.74) is 2.73. The van der Waals surface area contributed by atoms with Crippen molar-refractivity contribution in [2.75, 3.05) is 13.1 Å². The third-order valence-corrected chi connectivity index (χ3v) is 9.65. The summed E-state index contributed by atoms with van der Waals surface area (Å²) in [6, 6.07) is 10.0. The van der Waals surface area contributed by atoms with Gasteiger partial charge in [-0.1, -0.05) is 48.4 Å². The zero-order valence-electron chi connectivity index (χ0n) is 21.9. The van der Waals surface area contributed by atoms with E-state index in [9.17, 15) is 8.42 Å². The number of nitrogens with zero attached hydrogens (tertiary/aromatic N) is 4. The van der Waals surface area contributed by atoms with Crippen LogP contribution in [0.2, 0.25) is 0 Å². The molecule has 5 rings (SSSR count). The van der Waals surface area contributed by atoms with E-state index in [-0.39, 0.29) is 12.0 Å². The fourth-order valence-corrected chi connectivity index (χ4v) is 6.48. The number of hydrogen-bond donors (Lipinski definition) is 1. The highest BCUT2D eigenvalue weighted by Crippen LogP contribution is 2.36. The average Bonchev–Trinajstić information content (AvgIpc) is 3.57. The molecule has 3 atom stereocenters. The quantitative estimate of drug-likeness (QED) is 0.528. The van der Waals surface area contributed by atoms with Crippen LogP contribution < -0.4 is 4.72 Å². The molecule has 9 heteroatoms. The molecule has 1 aliphatic heterocycles. The Morgan fingerprint density at radius 2 is 1.92 bits per heavy atom. The zero-order valence-corrected chi connectivity index (χ0v) is 22.7. The molecule has 0 amide bonds. The summed E-state index contributed by atoms with van der Waals surface area (Å²) in [5.74, 6) is 0.600. The topological polar surface area (TPSA) is 89.4 Å². The second-order valence-corrected chi connectivity index (χ2v) is 13.1. The maximum absolute atomic E-state index is 12.5. The number of nitrogens with one attached hydrogen (secondary N) is 1. The number of allylic oxidation sites excluding steroid dienone is 4. The first-order chi connectivity index (χ1) is 17.9. The summed E-state index contributed by atoms with van der Waals surface area (Å²) >= 11 is 0. The fraction of sp³-hybridized carbons (Fsp3) is 0.571. The number of rotatable bonds is 9. The largest absolute Gasteiger partial charge is 0.373 e. The van der Waals surface area contributed by atoms with Gasteiger partial charge in [-0.15, -0.1) is 5.10 Å². The van der Waals surface area contributed by atoms with Crippen LogP contribution in [0.1, 0.15) is 58.1 Å². The van der Waals surface area contributed by atoms with Crippen molar-refractivity contribution in [2.24, 2.45) is 11.8 Å². The van der Waals surface area contributed by atoms with Crippen molar-refractivity contribution in [1.82, 2.24) is 24.6 Å². The number of hydrogen-bond acceptors (Lipinski definition) is 6. The van der Waals surface area contributed by atoms with Gasteiger partial charge in [-0.2, -0.15) is 0 Å². The Balaban J connectivity index is 1.26. The summed E-state index contributed by atoms with van der Waals surface area (Å²) < 4.78 is 36.3. The molecule has 37 heavy (non-hydrogen) atoms. The Hall–Kier alpha value is -2.49. The first-order valence-corrected chi connectivity index (χ1v) is 15.2. The molecule has 1 saturated carbocycles. The number of ether oxygens (including phenoxy) is 1. The molecule has 1 saturated heterocycles. The van der Waals surface area contributed by atoms with E-state index in [1.807, 2.05) is 53.4 Å². The van der Waals surface area contributed by atoms with Gasteiger partial charge < -0.3 is 4.74 Å². The van der Waals surface area contributed by atoms with E-state index in [2.05, 4.69) is 26.0 Å². The summed E-state index contributed by atoms with van der Waals surface area (Å²) in [5, 5.41) is 8.30. The number of sulfonamides is 1. The van der Waals surface area contributed by atoms with E-state index < -0.39 is 15.3 Å². The lowest BCUT2D eigenvalue weighted by atomic mass is 9.78. The summed E-state index contributed by atoms with van der Waals surface area (Å²) in [4.78, 5) is 2.43. The second kappa shape index (κ2) is 11.5. The summed E-state index contributed by atoms with van der Waals surface area (Å²) in [6.07, 6.45) is 15.0. The average molecular weight is 526 g/mol. The van der Waals surface area contributed by atoms with Gasteiger partial charge in [0.25, 0.3) is 0 Å². The fourth-order valence-electron chi connectivity index (χ4n) is 5.73. The molecule has 0 bridgehead atoms. The molecule has 0 radical (unpaired) electrons. The van der Waals surface area contributed by atoms with Crippen molar-refractivity contribution in [3.8, 4) is 5.69 Å². The van der Waals surface area contributed by atoms with Crippen molar-refractivity contribution in [1.29, 1.82) is 0 Å². The van der Waals surface area contributed by atoms with Crippen molar-refractivity contribution in [3.63, 3.8) is 0 Å². The smallest absolute Gasteiger partial charge is 0.234 e. The van der Waals surface area contributed by atoms with Crippen LogP contribution in [0.3, 0.4) is 0 Å². The Morgan fingerprint density at radius 3 is 2.68 bits per heavy atom. The Morgan fingerprint density at radius 1 is 1.14 bits per heavy atom. The van der Waals surface area contributed by atoms with E-state index in [0.29, 0.717) is 18.4 Å². The van der Waals surface area contributed by atoms with E-state index in [1.54, 1.807) is 13.8 Å². The Kier molecular flexibility index (Phi) is 8.12. The van der Waals surface area contributed by atoms with E-state index in [4.69, 9.17) is 4.74 Å². The molecule has 2 aliphatic carbocycles. The van der Waals surface area contributed by atoms with Crippen molar-refractivity contribution >= 4 is 10.0 Å². The van der Waals surface area contributed by atoms with Crippen molar-refractivity contribution in [2.45, 2.75) is 76.4 Å². The lowest BCUT2D eigenvalue weighted by Gasteiger charge is -2.42. The molecule has 1 unspecified atom stereocenters. The number of piperidine rings is 1. The van der Waals surface area contributed by atoms with Crippen molar-refractivity contribution < 1.29 is 13.2 Å². The summed E-state index contributed by atoms with van der Waals surface area (Å²) in [6.45, 7) is 5.95. The van der Waals surface area contributed by atoms with E-state index in [1.165, 1.54) is 12.8 Å². The Labute approximate surface area is 220 Å². The standard InChI is InChI=1S/C28H39N5O3S/c1-21(2)37(34,35)30-23-10-8-9-22(17-23)27-15-16-32(20-28(27)36-26-13-6-7-14-26)18-24-19-33(31-29-24)25-11-4-3-5-12-25/h3-5,8-12,19,21-22,26-28,30H,6-7,13-18,20H2,1-2H3/t22?,27-,28-/m0/s1. The van der Waals surface area contributed by atoms with Gasteiger partial charge in [0.15, 0.2) is 0 Å². The number of likely N-dealkylation sites (tertiary alicyclic amines) is 1. The van der Waals surface area contributed by atoms with Crippen LogP contribution in [0.15, 0.2) is 60.5 Å². The molecule has 0 spiro atoms. The van der Waals surface area contributed by atoms with Crippen LogP contribution in [0.25, 0.3) is 5.69 Å². The number of aromatic nitrogens is 3. The lowest BCUT2D eigenvalue weighted by molar-refractivity contribution is -0.0867. The number of para-hydroxylation sites is 1. The Bertz CT molecular complexity index is 1200. The van der Waals surface area contributed by atoms with Crippen molar-refractivity contribution in [3.05, 3.63) is 66.1 Å². The summed E-state index contributed by atoms with van der Waals surface area (Å²) in [7, 11) is -3.35. The van der Waals surface area contributed by atoms with Gasteiger partial charge in [-0.05, 0) is 76.1 Å². The molecule has 1 N–H and O–H groups in total. The maximum atomic E-state index is 12.5. The second-order valence-electron chi connectivity index (χ2n) is 10.9. The molecule has 3 aliphatic rings. The molecule has 200 valence electrons. The van der Waals surface area contributed by atoms with Gasteiger partial charge >= 0.3 is 0 Å². The van der Waals surface area contributed by atoms with Crippen LogP contribution >= 0.6 is 0 Å². The first-order valence-electron chi connectivity index (χ1n) is 13.6. The van der Waals surface area contributed by atoms with Crippen LogP contribution in [-0.2, 0) is 21.3 Å². The lowest BCUT2D eigenvalue weighted by Crippen LogP contribution is -2.48.